The molecule has 1 heterocycles. The Kier molecular flexibility index (Phi) is 4.16. The maximum Gasteiger partial charge on any atom is 0.163 e. The van der Waals surface area contributed by atoms with Crippen molar-refractivity contribution in [3.8, 4) is 0 Å². The van der Waals surface area contributed by atoms with E-state index in [1.807, 2.05) is 6.92 Å². The standard InChI is InChI=1S/C14H15F2N3/c1-9-6-19-11(7-17-9)8-18-10(2)12-4-3-5-13(15)14(12)16/h3-7,10,18H,8H2,1-2H3. The summed E-state index contributed by atoms with van der Waals surface area (Å²) >= 11 is 0. The van der Waals surface area contributed by atoms with Crippen LogP contribution in [-0.2, 0) is 6.54 Å². The molecular weight excluding hydrogens is 248 g/mol. The van der Waals surface area contributed by atoms with Crippen LogP contribution in [-0.4, -0.2) is 9.97 Å². The van der Waals surface area contributed by atoms with Crippen molar-refractivity contribution in [2.75, 3.05) is 0 Å². The molecule has 0 aliphatic carbocycles. The van der Waals surface area contributed by atoms with Gasteiger partial charge in [0.25, 0.3) is 0 Å². The highest BCUT2D eigenvalue weighted by molar-refractivity contribution is 5.22. The highest BCUT2D eigenvalue weighted by atomic mass is 19.2. The minimum absolute atomic E-state index is 0.306. The number of nitrogens with one attached hydrogen (secondary N) is 1. The minimum Gasteiger partial charge on any atom is -0.304 e. The van der Waals surface area contributed by atoms with Crippen molar-refractivity contribution in [3.05, 3.63) is 59.2 Å². The lowest BCUT2D eigenvalue weighted by Gasteiger charge is -2.14. The van der Waals surface area contributed by atoms with Crippen LogP contribution in [0.1, 0.15) is 29.9 Å². The molecule has 0 amide bonds. The SMILES string of the molecule is Cc1cnc(CNC(C)c2cccc(F)c2F)cn1. The number of aryl methyl sites for hydroxylation is 1. The maximum absolute atomic E-state index is 13.6. The summed E-state index contributed by atoms with van der Waals surface area (Å²) < 4.78 is 26.7. The fraction of sp³-hybridized carbons (Fsp3) is 0.286. The van der Waals surface area contributed by atoms with E-state index in [0.29, 0.717) is 12.1 Å². The first-order chi connectivity index (χ1) is 9.08. The average molecular weight is 263 g/mol. The van der Waals surface area contributed by atoms with Gasteiger partial charge >= 0.3 is 0 Å². The summed E-state index contributed by atoms with van der Waals surface area (Å²) in [6, 6.07) is 3.87. The first-order valence-electron chi connectivity index (χ1n) is 6.02. The van der Waals surface area contributed by atoms with E-state index in [2.05, 4.69) is 15.3 Å². The predicted molar refractivity (Wildman–Crippen MR) is 68.4 cm³/mol. The minimum atomic E-state index is -0.832. The van der Waals surface area contributed by atoms with Gasteiger partial charge in [-0.3, -0.25) is 9.97 Å². The van der Waals surface area contributed by atoms with E-state index >= 15 is 0 Å². The molecule has 0 aliphatic rings. The topological polar surface area (TPSA) is 37.8 Å². The number of hydrogen-bond acceptors (Lipinski definition) is 3. The number of halogens is 2. The van der Waals surface area contributed by atoms with Gasteiger partial charge in [0.1, 0.15) is 0 Å². The molecule has 0 fully saturated rings. The third kappa shape index (κ3) is 3.32. The summed E-state index contributed by atoms with van der Waals surface area (Å²) in [6.45, 7) is 4.08. The van der Waals surface area contributed by atoms with Crippen molar-refractivity contribution in [3.63, 3.8) is 0 Å². The van der Waals surface area contributed by atoms with E-state index in [1.54, 1.807) is 25.4 Å². The monoisotopic (exact) mass is 263 g/mol. The normalized spacial score (nSPS) is 12.4. The van der Waals surface area contributed by atoms with Gasteiger partial charge in [0.05, 0.1) is 11.4 Å². The molecule has 5 heteroatoms. The highest BCUT2D eigenvalue weighted by Crippen LogP contribution is 2.19. The Hall–Kier alpha value is -1.88. The molecule has 0 spiro atoms. The fourth-order valence-corrected chi connectivity index (χ4v) is 1.73. The molecule has 2 aromatic rings. The summed E-state index contributed by atoms with van der Waals surface area (Å²) in [6.07, 6.45) is 3.33. The quantitative estimate of drug-likeness (QED) is 0.921. The molecule has 0 radical (unpaired) electrons. The number of rotatable bonds is 4. The molecule has 0 aliphatic heterocycles. The third-order valence-electron chi connectivity index (χ3n) is 2.87. The molecule has 100 valence electrons. The van der Waals surface area contributed by atoms with Gasteiger partial charge in [0.2, 0.25) is 0 Å². The molecule has 3 nitrogen and oxygen atoms in total. The molecule has 19 heavy (non-hydrogen) atoms. The lowest BCUT2D eigenvalue weighted by molar-refractivity contribution is 0.471. The van der Waals surface area contributed by atoms with E-state index in [1.165, 1.54) is 6.07 Å². The van der Waals surface area contributed by atoms with E-state index in [9.17, 15) is 8.78 Å². The molecule has 1 N–H and O–H groups in total. The lowest BCUT2D eigenvalue weighted by atomic mass is 10.1. The van der Waals surface area contributed by atoms with Gasteiger partial charge in [0.15, 0.2) is 11.6 Å². The second-order valence-electron chi connectivity index (χ2n) is 4.39. The Morgan fingerprint density at radius 3 is 2.68 bits per heavy atom. The average Bonchev–Trinajstić information content (AvgIpc) is 2.41. The van der Waals surface area contributed by atoms with Crippen molar-refractivity contribution in [2.45, 2.75) is 26.4 Å². The zero-order valence-electron chi connectivity index (χ0n) is 10.8. The summed E-state index contributed by atoms with van der Waals surface area (Å²) in [5.74, 6) is -1.64. The van der Waals surface area contributed by atoms with E-state index in [4.69, 9.17) is 0 Å². The predicted octanol–water partition coefficient (Wildman–Crippen LogP) is 2.91. The van der Waals surface area contributed by atoms with Crippen molar-refractivity contribution in [1.82, 2.24) is 15.3 Å². The second kappa shape index (κ2) is 5.84. The third-order valence-corrected chi connectivity index (χ3v) is 2.87. The van der Waals surface area contributed by atoms with Gasteiger partial charge in [-0.05, 0) is 19.9 Å². The van der Waals surface area contributed by atoms with Crippen molar-refractivity contribution >= 4 is 0 Å². The van der Waals surface area contributed by atoms with Crippen LogP contribution in [0.25, 0.3) is 0 Å². The van der Waals surface area contributed by atoms with E-state index < -0.39 is 11.6 Å². The summed E-state index contributed by atoms with van der Waals surface area (Å²) in [7, 11) is 0. The number of nitrogens with zero attached hydrogens (tertiary/aromatic N) is 2. The first-order valence-corrected chi connectivity index (χ1v) is 6.02. The first kappa shape index (κ1) is 13.5. The van der Waals surface area contributed by atoms with Crippen molar-refractivity contribution < 1.29 is 8.78 Å². The Labute approximate surface area is 110 Å². The van der Waals surface area contributed by atoms with Crippen LogP contribution in [0.15, 0.2) is 30.6 Å². The van der Waals surface area contributed by atoms with Crippen LogP contribution in [0.3, 0.4) is 0 Å². The van der Waals surface area contributed by atoms with Gasteiger partial charge in [0, 0.05) is 30.5 Å². The number of aromatic nitrogens is 2. The van der Waals surface area contributed by atoms with Crippen LogP contribution < -0.4 is 5.32 Å². The molecule has 1 unspecified atom stereocenters. The molecule has 0 bridgehead atoms. The van der Waals surface area contributed by atoms with Gasteiger partial charge in [-0.15, -0.1) is 0 Å². The Morgan fingerprint density at radius 2 is 2.00 bits per heavy atom. The maximum atomic E-state index is 13.6. The summed E-state index contributed by atoms with van der Waals surface area (Å²) in [5.41, 5.74) is 1.90. The van der Waals surface area contributed by atoms with Crippen LogP contribution in [0, 0.1) is 18.6 Å². The summed E-state index contributed by atoms with van der Waals surface area (Å²) in [4.78, 5) is 8.32. The van der Waals surface area contributed by atoms with Crippen molar-refractivity contribution in [2.24, 2.45) is 0 Å². The van der Waals surface area contributed by atoms with E-state index in [0.717, 1.165) is 17.5 Å². The van der Waals surface area contributed by atoms with Gasteiger partial charge in [-0.2, -0.15) is 0 Å². The lowest BCUT2D eigenvalue weighted by Crippen LogP contribution is -2.20. The van der Waals surface area contributed by atoms with Crippen LogP contribution >= 0.6 is 0 Å². The fourth-order valence-electron chi connectivity index (χ4n) is 1.73. The van der Waals surface area contributed by atoms with Gasteiger partial charge in [-0.25, -0.2) is 8.78 Å². The molecule has 1 aromatic heterocycles. The number of hydrogen-bond donors (Lipinski definition) is 1. The molecule has 1 atom stereocenters. The van der Waals surface area contributed by atoms with Crippen molar-refractivity contribution in [1.29, 1.82) is 0 Å². The molecule has 1 aromatic carbocycles. The smallest absolute Gasteiger partial charge is 0.163 e. The zero-order chi connectivity index (χ0) is 13.8. The molecule has 0 saturated carbocycles. The van der Waals surface area contributed by atoms with Gasteiger partial charge in [-0.1, -0.05) is 12.1 Å². The molecule has 2 rings (SSSR count). The second-order valence-corrected chi connectivity index (χ2v) is 4.39. The summed E-state index contributed by atoms with van der Waals surface area (Å²) in [5, 5.41) is 3.09. The van der Waals surface area contributed by atoms with Crippen LogP contribution in [0.2, 0.25) is 0 Å². The van der Waals surface area contributed by atoms with Crippen LogP contribution in [0.4, 0.5) is 8.78 Å². The van der Waals surface area contributed by atoms with E-state index in [-0.39, 0.29) is 6.04 Å². The zero-order valence-corrected chi connectivity index (χ0v) is 10.8. The molecular formula is C14H15F2N3. The van der Waals surface area contributed by atoms with Gasteiger partial charge < -0.3 is 5.32 Å². The molecule has 0 saturated heterocycles. The number of benzene rings is 1. The largest absolute Gasteiger partial charge is 0.304 e. The Balaban J connectivity index is 2.03. The van der Waals surface area contributed by atoms with Crippen LogP contribution in [0.5, 0.6) is 0 Å². The highest BCUT2D eigenvalue weighted by Gasteiger charge is 2.13. The Bertz CT molecular complexity index is 555. The Morgan fingerprint density at radius 1 is 1.21 bits per heavy atom.